The van der Waals surface area contributed by atoms with Gasteiger partial charge in [0.25, 0.3) is 0 Å². The second-order valence-electron chi connectivity index (χ2n) is 4.62. The van der Waals surface area contributed by atoms with Gasteiger partial charge in [0, 0.05) is 18.8 Å². The third kappa shape index (κ3) is 3.05. The van der Waals surface area contributed by atoms with Gasteiger partial charge in [-0.25, -0.2) is 17.5 Å². The Hall–Kier alpha value is -1.18. The number of anilines is 1. The molecule has 2 unspecified atom stereocenters. The van der Waals surface area contributed by atoms with Crippen molar-refractivity contribution in [2.24, 2.45) is 0 Å². The van der Waals surface area contributed by atoms with Crippen LogP contribution in [0.3, 0.4) is 0 Å². The molecular weight excluding hydrogens is 271 g/mol. The van der Waals surface area contributed by atoms with Gasteiger partial charge in [0.05, 0.1) is 6.10 Å². The summed E-state index contributed by atoms with van der Waals surface area (Å²) in [5, 5.41) is 0. The van der Waals surface area contributed by atoms with Crippen molar-refractivity contribution in [2.45, 2.75) is 36.3 Å². The summed E-state index contributed by atoms with van der Waals surface area (Å²) in [4.78, 5) is -0.386. The van der Waals surface area contributed by atoms with E-state index in [4.69, 9.17) is 10.5 Å². The van der Waals surface area contributed by atoms with Crippen LogP contribution in [0.2, 0.25) is 0 Å². The van der Waals surface area contributed by atoms with Crippen molar-refractivity contribution in [1.29, 1.82) is 0 Å². The summed E-state index contributed by atoms with van der Waals surface area (Å²) in [5.74, 6) is -0.848. The quantitative estimate of drug-likeness (QED) is 0.817. The van der Waals surface area contributed by atoms with Gasteiger partial charge in [0.15, 0.2) is 0 Å². The molecule has 2 atom stereocenters. The highest BCUT2D eigenvalue weighted by Gasteiger charge is 2.32. The van der Waals surface area contributed by atoms with E-state index < -0.39 is 15.8 Å². The van der Waals surface area contributed by atoms with Gasteiger partial charge in [-0.3, -0.25) is 0 Å². The first-order chi connectivity index (χ1) is 8.94. The van der Waals surface area contributed by atoms with Gasteiger partial charge in [0.1, 0.15) is 10.7 Å². The first kappa shape index (κ1) is 14.2. The number of nitrogens with two attached hydrogens (primary N) is 1. The molecule has 1 aromatic carbocycles. The molecule has 0 radical (unpaired) electrons. The molecule has 0 bridgehead atoms. The van der Waals surface area contributed by atoms with Crippen LogP contribution < -0.4 is 10.5 Å². The number of benzene rings is 1. The minimum Gasteiger partial charge on any atom is -0.399 e. The van der Waals surface area contributed by atoms with E-state index in [1.807, 2.05) is 0 Å². The van der Waals surface area contributed by atoms with Crippen LogP contribution in [0.25, 0.3) is 0 Å². The highest BCUT2D eigenvalue weighted by Crippen LogP contribution is 2.24. The van der Waals surface area contributed by atoms with Gasteiger partial charge in [0.2, 0.25) is 10.0 Å². The molecule has 1 aromatic rings. The number of sulfonamides is 1. The summed E-state index contributed by atoms with van der Waals surface area (Å²) in [6.07, 6.45) is 2.21. The second kappa shape index (κ2) is 5.44. The Balaban J connectivity index is 2.23. The van der Waals surface area contributed by atoms with E-state index in [-0.39, 0.29) is 22.7 Å². The smallest absolute Gasteiger partial charge is 0.243 e. The lowest BCUT2D eigenvalue weighted by molar-refractivity contribution is 0.0916. The van der Waals surface area contributed by atoms with Gasteiger partial charge in [-0.2, -0.15) is 0 Å². The van der Waals surface area contributed by atoms with Crippen molar-refractivity contribution >= 4 is 15.7 Å². The van der Waals surface area contributed by atoms with Crippen LogP contribution in [-0.4, -0.2) is 27.7 Å². The van der Waals surface area contributed by atoms with Crippen LogP contribution in [0.4, 0.5) is 10.1 Å². The standard InChI is InChI=1S/C12H17FN2O3S/c1-18-11-4-2-3-10(11)15-19(16,17)12-6-5-8(14)7-9(12)13/h5-7,10-11,15H,2-4,14H2,1H3. The molecule has 3 N–H and O–H groups in total. The fourth-order valence-electron chi connectivity index (χ4n) is 2.34. The lowest BCUT2D eigenvalue weighted by atomic mass is 10.2. The lowest BCUT2D eigenvalue weighted by Gasteiger charge is -2.19. The number of ether oxygens (including phenoxy) is 1. The molecule has 1 aliphatic rings. The summed E-state index contributed by atoms with van der Waals surface area (Å²) in [7, 11) is -2.35. The SMILES string of the molecule is COC1CCCC1NS(=O)(=O)c1ccc(N)cc1F. The van der Waals surface area contributed by atoms with Gasteiger partial charge in [-0.1, -0.05) is 0 Å². The Bertz CT molecular complexity index is 562. The number of hydrogen-bond acceptors (Lipinski definition) is 4. The number of nitrogens with one attached hydrogen (secondary N) is 1. The molecule has 0 aliphatic heterocycles. The highest BCUT2D eigenvalue weighted by atomic mass is 32.2. The number of methoxy groups -OCH3 is 1. The molecule has 0 heterocycles. The van der Waals surface area contributed by atoms with Gasteiger partial charge in [-0.05, 0) is 37.5 Å². The molecule has 5 nitrogen and oxygen atoms in total. The number of hydrogen-bond donors (Lipinski definition) is 2. The molecule has 1 aliphatic carbocycles. The fourth-order valence-corrected chi connectivity index (χ4v) is 3.70. The Kier molecular flexibility index (Phi) is 4.07. The van der Waals surface area contributed by atoms with E-state index in [0.29, 0.717) is 6.42 Å². The molecule has 1 fully saturated rings. The zero-order chi connectivity index (χ0) is 14.0. The molecule has 7 heteroatoms. The van der Waals surface area contributed by atoms with Crippen LogP contribution in [0.5, 0.6) is 0 Å². The second-order valence-corrected chi connectivity index (χ2v) is 6.31. The average molecular weight is 288 g/mol. The molecule has 0 saturated heterocycles. The zero-order valence-electron chi connectivity index (χ0n) is 10.6. The predicted molar refractivity (Wildman–Crippen MR) is 69.6 cm³/mol. The molecule has 0 spiro atoms. The zero-order valence-corrected chi connectivity index (χ0v) is 11.4. The summed E-state index contributed by atoms with van der Waals surface area (Å²) in [5.41, 5.74) is 5.59. The van der Waals surface area contributed by atoms with Gasteiger partial charge in [-0.15, -0.1) is 0 Å². The molecule has 1 saturated carbocycles. The van der Waals surface area contributed by atoms with Gasteiger partial charge < -0.3 is 10.5 Å². The van der Waals surface area contributed by atoms with Crippen molar-refractivity contribution in [3.63, 3.8) is 0 Å². The van der Waals surface area contributed by atoms with E-state index in [1.165, 1.54) is 12.1 Å². The summed E-state index contributed by atoms with van der Waals surface area (Å²) in [6, 6.07) is 3.22. The average Bonchev–Trinajstić information content (AvgIpc) is 2.74. The van der Waals surface area contributed by atoms with Crippen molar-refractivity contribution in [3.8, 4) is 0 Å². The Morgan fingerprint density at radius 1 is 1.42 bits per heavy atom. The van der Waals surface area contributed by atoms with Crippen LogP contribution >= 0.6 is 0 Å². The van der Waals surface area contributed by atoms with Crippen LogP contribution in [0, 0.1) is 5.82 Å². The maximum Gasteiger partial charge on any atom is 0.243 e. The van der Waals surface area contributed by atoms with E-state index in [9.17, 15) is 12.8 Å². The summed E-state index contributed by atoms with van der Waals surface area (Å²) < 4.78 is 45.7. The third-order valence-corrected chi connectivity index (χ3v) is 4.83. The van der Waals surface area contributed by atoms with Gasteiger partial charge >= 0.3 is 0 Å². The molecular formula is C12H17FN2O3S. The Morgan fingerprint density at radius 3 is 2.79 bits per heavy atom. The highest BCUT2D eigenvalue weighted by molar-refractivity contribution is 7.89. The normalized spacial score (nSPS) is 23.7. The maximum absolute atomic E-state index is 13.7. The first-order valence-corrected chi connectivity index (χ1v) is 7.52. The predicted octanol–water partition coefficient (Wildman–Crippen LogP) is 1.25. The van der Waals surface area contributed by atoms with E-state index >= 15 is 0 Å². The monoisotopic (exact) mass is 288 g/mol. The largest absolute Gasteiger partial charge is 0.399 e. The molecule has 0 aromatic heterocycles. The van der Waals surface area contributed by atoms with Crippen LogP contribution in [0.1, 0.15) is 19.3 Å². The Morgan fingerprint density at radius 2 is 2.16 bits per heavy atom. The number of rotatable bonds is 4. The fraction of sp³-hybridized carbons (Fsp3) is 0.500. The van der Waals surface area contributed by atoms with Crippen molar-refractivity contribution < 1.29 is 17.5 Å². The minimum absolute atomic E-state index is 0.161. The van der Waals surface area contributed by atoms with E-state index in [1.54, 1.807) is 7.11 Å². The van der Waals surface area contributed by atoms with Crippen molar-refractivity contribution in [3.05, 3.63) is 24.0 Å². The molecule has 19 heavy (non-hydrogen) atoms. The molecule has 2 rings (SSSR count). The summed E-state index contributed by atoms with van der Waals surface area (Å²) >= 11 is 0. The topological polar surface area (TPSA) is 81.4 Å². The van der Waals surface area contributed by atoms with Crippen molar-refractivity contribution in [2.75, 3.05) is 12.8 Å². The summed E-state index contributed by atoms with van der Waals surface area (Å²) in [6.45, 7) is 0. The number of nitrogen functional groups attached to an aromatic ring is 1. The minimum atomic E-state index is -3.89. The molecule has 106 valence electrons. The van der Waals surface area contributed by atoms with Crippen LogP contribution in [-0.2, 0) is 14.8 Å². The molecule has 0 amide bonds. The third-order valence-electron chi connectivity index (χ3n) is 3.31. The van der Waals surface area contributed by atoms with Crippen LogP contribution in [0.15, 0.2) is 23.1 Å². The van der Waals surface area contributed by atoms with E-state index in [0.717, 1.165) is 18.9 Å². The lowest BCUT2D eigenvalue weighted by Crippen LogP contribution is -2.40. The van der Waals surface area contributed by atoms with E-state index in [2.05, 4.69) is 4.72 Å². The Labute approximate surface area is 112 Å². The number of halogens is 1. The first-order valence-electron chi connectivity index (χ1n) is 6.04. The maximum atomic E-state index is 13.7. The van der Waals surface area contributed by atoms with Crippen molar-refractivity contribution in [1.82, 2.24) is 4.72 Å².